The first-order valence-electron chi connectivity index (χ1n) is 7.29. The first kappa shape index (κ1) is 15.8. The summed E-state index contributed by atoms with van der Waals surface area (Å²) in [5.41, 5.74) is 0.987. The van der Waals surface area contributed by atoms with Crippen molar-refractivity contribution in [2.45, 2.75) is 38.6 Å². The lowest BCUT2D eigenvalue weighted by molar-refractivity contribution is -0.118. The van der Waals surface area contributed by atoms with Crippen LogP contribution in [0.2, 0.25) is 0 Å². The van der Waals surface area contributed by atoms with Crippen molar-refractivity contribution in [3.8, 4) is 6.07 Å². The average molecular weight is 347 g/mol. The van der Waals surface area contributed by atoms with Crippen molar-refractivity contribution in [1.82, 2.24) is 5.32 Å². The Morgan fingerprint density at radius 1 is 1.38 bits per heavy atom. The number of halogens is 1. The Balaban J connectivity index is 2.12. The number of carbonyl (C=O) groups excluding carboxylic acids is 1. The van der Waals surface area contributed by atoms with Gasteiger partial charge in [-0.25, -0.2) is 0 Å². The van der Waals surface area contributed by atoms with Crippen LogP contribution in [0.4, 0.5) is 0 Å². The summed E-state index contributed by atoms with van der Waals surface area (Å²) in [7, 11) is 0. The number of amides is 1. The van der Waals surface area contributed by atoms with Gasteiger partial charge in [-0.2, -0.15) is 5.26 Å². The van der Waals surface area contributed by atoms with Gasteiger partial charge in [0.1, 0.15) is 11.6 Å². The number of rotatable bonds is 3. The third kappa shape index (κ3) is 4.18. The van der Waals surface area contributed by atoms with E-state index in [-0.39, 0.29) is 17.5 Å². The number of hydrogen-bond donors (Lipinski definition) is 1. The van der Waals surface area contributed by atoms with Gasteiger partial charge in [0.05, 0.1) is 0 Å². The fourth-order valence-electron chi connectivity index (χ4n) is 2.67. The molecule has 1 amide bonds. The summed E-state index contributed by atoms with van der Waals surface area (Å²) >= 11 is 3.43. The average Bonchev–Trinajstić information content (AvgIpc) is 2.48. The van der Waals surface area contributed by atoms with Crippen molar-refractivity contribution in [2.24, 2.45) is 5.92 Å². The Kier molecular flexibility index (Phi) is 5.58. The smallest absolute Gasteiger partial charge is 0.262 e. The van der Waals surface area contributed by atoms with Gasteiger partial charge in [0.25, 0.3) is 5.91 Å². The molecule has 1 aliphatic rings. The monoisotopic (exact) mass is 346 g/mol. The van der Waals surface area contributed by atoms with Gasteiger partial charge in [-0.3, -0.25) is 4.79 Å². The molecule has 1 saturated carbocycles. The summed E-state index contributed by atoms with van der Waals surface area (Å²) in [6, 6.07) is 9.74. The second-order valence-electron chi connectivity index (χ2n) is 5.53. The van der Waals surface area contributed by atoms with Gasteiger partial charge in [0.2, 0.25) is 0 Å². The molecule has 0 bridgehead atoms. The second kappa shape index (κ2) is 7.42. The van der Waals surface area contributed by atoms with Crippen LogP contribution in [-0.2, 0) is 4.79 Å². The van der Waals surface area contributed by atoms with E-state index in [4.69, 9.17) is 0 Å². The molecular formula is C17H19BrN2O. The van der Waals surface area contributed by atoms with Gasteiger partial charge >= 0.3 is 0 Å². The summed E-state index contributed by atoms with van der Waals surface area (Å²) in [4.78, 5) is 12.3. The fourth-order valence-corrected chi connectivity index (χ4v) is 3.07. The lowest BCUT2D eigenvalue weighted by atomic mass is 9.86. The minimum absolute atomic E-state index is 0.152. The van der Waals surface area contributed by atoms with Gasteiger partial charge in [0, 0.05) is 10.5 Å². The van der Waals surface area contributed by atoms with Crippen molar-refractivity contribution in [3.05, 3.63) is 39.9 Å². The highest BCUT2D eigenvalue weighted by molar-refractivity contribution is 9.10. The molecular weight excluding hydrogens is 328 g/mol. The number of benzene rings is 1. The van der Waals surface area contributed by atoms with E-state index in [1.54, 1.807) is 6.08 Å². The highest BCUT2D eigenvalue weighted by Crippen LogP contribution is 2.24. The van der Waals surface area contributed by atoms with E-state index in [0.717, 1.165) is 29.3 Å². The molecule has 1 aromatic carbocycles. The van der Waals surface area contributed by atoms with Crippen molar-refractivity contribution >= 4 is 27.9 Å². The van der Waals surface area contributed by atoms with E-state index < -0.39 is 0 Å². The van der Waals surface area contributed by atoms with Gasteiger partial charge in [-0.05, 0) is 36.5 Å². The third-order valence-electron chi connectivity index (χ3n) is 4.00. The van der Waals surface area contributed by atoms with E-state index in [0.29, 0.717) is 5.92 Å². The maximum Gasteiger partial charge on any atom is 0.262 e. The van der Waals surface area contributed by atoms with Crippen molar-refractivity contribution in [3.63, 3.8) is 0 Å². The number of carbonyl (C=O) groups is 1. The molecule has 3 nitrogen and oxygen atoms in total. The lowest BCUT2D eigenvalue weighted by Crippen LogP contribution is -2.41. The van der Waals surface area contributed by atoms with Crippen LogP contribution in [-0.4, -0.2) is 11.9 Å². The summed E-state index contributed by atoms with van der Waals surface area (Å²) < 4.78 is 0.872. The lowest BCUT2D eigenvalue weighted by Gasteiger charge is -2.29. The van der Waals surface area contributed by atoms with Crippen LogP contribution in [0, 0.1) is 17.2 Å². The molecule has 2 atom stereocenters. The SMILES string of the molecule is C[C@@H]1CCCC[C@@H]1NC(=O)/C(C#N)=C/c1ccccc1Br. The van der Waals surface area contributed by atoms with Crippen LogP contribution in [0.25, 0.3) is 6.08 Å². The molecule has 1 aromatic rings. The third-order valence-corrected chi connectivity index (χ3v) is 4.72. The molecule has 21 heavy (non-hydrogen) atoms. The molecule has 0 aliphatic heterocycles. The molecule has 1 aliphatic carbocycles. The highest BCUT2D eigenvalue weighted by atomic mass is 79.9. The molecule has 4 heteroatoms. The van der Waals surface area contributed by atoms with Crippen LogP contribution in [0.5, 0.6) is 0 Å². The van der Waals surface area contributed by atoms with Crippen LogP contribution in [0.3, 0.4) is 0 Å². The molecule has 1 fully saturated rings. The van der Waals surface area contributed by atoms with Crippen molar-refractivity contribution in [2.75, 3.05) is 0 Å². The predicted octanol–water partition coefficient (Wildman–Crippen LogP) is 4.05. The normalized spacial score (nSPS) is 22.4. The molecule has 0 unspecified atom stereocenters. The van der Waals surface area contributed by atoms with E-state index in [1.807, 2.05) is 30.3 Å². The van der Waals surface area contributed by atoms with Crippen LogP contribution in [0.15, 0.2) is 34.3 Å². The van der Waals surface area contributed by atoms with Crippen LogP contribution in [0.1, 0.15) is 38.2 Å². The summed E-state index contributed by atoms with van der Waals surface area (Å²) in [6.45, 7) is 2.16. The van der Waals surface area contributed by atoms with E-state index in [2.05, 4.69) is 28.2 Å². The number of nitriles is 1. The zero-order chi connectivity index (χ0) is 15.2. The molecule has 1 N–H and O–H groups in total. The fraction of sp³-hybridized carbons (Fsp3) is 0.412. The van der Waals surface area contributed by atoms with E-state index in [9.17, 15) is 10.1 Å². The first-order valence-corrected chi connectivity index (χ1v) is 8.08. The Morgan fingerprint density at radius 3 is 2.76 bits per heavy atom. The summed E-state index contributed by atoms with van der Waals surface area (Å²) in [5, 5.41) is 12.3. The molecule has 110 valence electrons. The molecule has 0 aromatic heterocycles. The minimum atomic E-state index is -0.271. The van der Waals surface area contributed by atoms with Crippen LogP contribution >= 0.6 is 15.9 Å². The van der Waals surface area contributed by atoms with Crippen LogP contribution < -0.4 is 5.32 Å². The van der Waals surface area contributed by atoms with E-state index >= 15 is 0 Å². The number of hydrogen-bond acceptors (Lipinski definition) is 2. The molecule has 0 spiro atoms. The van der Waals surface area contributed by atoms with Crippen molar-refractivity contribution in [1.29, 1.82) is 5.26 Å². The number of nitrogens with one attached hydrogen (secondary N) is 1. The number of nitrogens with zero attached hydrogens (tertiary/aromatic N) is 1. The van der Waals surface area contributed by atoms with E-state index in [1.165, 1.54) is 6.42 Å². The second-order valence-corrected chi connectivity index (χ2v) is 6.39. The van der Waals surface area contributed by atoms with Gasteiger partial charge < -0.3 is 5.32 Å². The highest BCUT2D eigenvalue weighted by Gasteiger charge is 2.24. The Labute approximate surface area is 134 Å². The zero-order valence-corrected chi connectivity index (χ0v) is 13.7. The largest absolute Gasteiger partial charge is 0.348 e. The standard InChI is InChI=1S/C17H19BrN2O/c1-12-6-2-5-9-16(12)20-17(21)14(11-19)10-13-7-3-4-8-15(13)18/h3-4,7-8,10,12,16H,2,5-6,9H2,1H3,(H,20,21)/b14-10+/t12-,16+/m1/s1. The quantitative estimate of drug-likeness (QED) is 0.662. The minimum Gasteiger partial charge on any atom is -0.348 e. The maximum absolute atomic E-state index is 12.3. The molecule has 2 rings (SSSR count). The Morgan fingerprint density at radius 2 is 2.10 bits per heavy atom. The summed E-state index contributed by atoms with van der Waals surface area (Å²) in [5.74, 6) is 0.207. The topological polar surface area (TPSA) is 52.9 Å². The van der Waals surface area contributed by atoms with Gasteiger partial charge in [0.15, 0.2) is 0 Å². The zero-order valence-electron chi connectivity index (χ0n) is 12.1. The van der Waals surface area contributed by atoms with Gasteiger partial charge in [-0.1, -0.05) is 53.9 Å². The maximum atomic E-state index is 12.3. The Hall–Kier alpha value is -1.60. The Bertz CT molecular complexity index is 589. The molecule has 0 radical (unpaired) electrons. The van der Waals surface area contributed by atoms with Gasteiger partial charge in [-0.15, -0.1) is 0 Å². The first-order chi connectivity index (χ1) is 10.1. The summed E-state index contributed by atoms with van der Waals surface area (Å²) in [6.07, 6.45) is 6.14. The molecule has 0 heterocycles. The van der Waals surface area contributed by atoms with Crippen molar-refractivity contribution < 1.29 is 4.79 Å². The predicted molar refractivity (Wildman–Crippen MR) is 87.3 cm³/mol. The molecule has 0 saturated heterocycles.